The molecule has 27 heavy (non-hydrogen) atoms. The lowest BCUT2D eigenvalue weighted by atomic mass is 10.1. The minimum atomic E-state index is 0.733. The lowest BCUT2D eigenvalue weighted by molar-refractivity contribution is 0.504. The van der Waals surface area contributed by atoms with Crippen LogP contribution in [0.4, 0.5) is 0 Å². The van der Waals surface area contributed by atoms with E-state index in [1.54, 1.807) is 6.20 Å². The van der Waals surface area contributed by atoms with Crippen molar-refractivity contribution in [2.75, 3.05) is 0 Å². The zero-order chi connectivity index (χ0) is 19.0. The van der Waals surface area contributed by atoms with Crippen LogP contribution in [0.3, 0.4) is 0 Å². The molecular formula is C24H38N2O. The molecule has 3 nitrogen and oxygen atoms in total. The largest absolute Gasteiger partial charge is 0.439 e. The second-order valence-corrected chi connectivity index (χ2v) is 7.62. The number of pyridine rings is 1. The van der Waals surface area contributed by atoms with Crippen molar-refractivity contribution in [3.63, 3.8) is 0 Å². The van der Waals surface area contributed by atoms with Gasteiger partial charge in [0.25, 0.3) is 0 Å². The van der Waals surface area contributed by atoms with Crippen LogP contribution in [-0.4, -0.2) is 9.97 Å². The lowest BCUT2D eigenvalue weighted by Gasteiger charge is -2.00. The standard InChI is InChI=1S/C24H38N2O/c1-2-3-4-5-6-7-8-9-10-11-12-13-14-15-16-17-20-23-26-24-22(27-23)19-18-21-25-24/h9-10,18-19,21H,2-8,11-17,20H2,1H3/b10-9+. The Morgan fingerprint density at radius 1 is 0.815 bits per heavy atom. The Kier molecular flexibility index (Phi) is 11.6. The average Bonchev–Trinajstić information content (AvgIpc) is 3.10. The Labute approximate surface area is 165 Å². The minimum Gasteiger partial charge on any atom is -0.439 e. The second-order valence-electron chi connectivity index (χ2n) is 7.62. The van der Waals surface area contributed by atoms with E-state index in [1.165, 1.54) is 83.5 Å². The Balaban J connectivity index is 1.36. The summed E-state index contributed by atoms with van der Waals surface area (Å²) in [5, 5.41) is 0. The van der Waals surface area contributed by atoms with Crippen LogP contribution in [-0.2, 0) is 6.42 Å². The molecule has 2 aromatic heterocycles. The predicted molar refractivity (Wildman–Crippen MR) is 115 cm³/mol. The number of fused-ring (bicyclic) bond motifs is 1. The van der Waals surface area contributed by atoms with Gasteiger partial charge in [-0.3, -0.25) is 0 Å². The number of hydrogen-bond acceptors (Lipinski definition) is 3. The summed E-state index contributed by atoms with van der Waals surface area (Å²) in [6, 6.07) is 3.82. The topological polar surface area (TPSA) is 38.9 Å². The van der Waals surface area contributed by atoms with Gasteiger partial charge in [-0.1, -0.05) is 76.9 Å². The van der Waals surface area contributed by atoms with Gasteiger partial charge in [0.1, 0.15) is 0 Å². The van der Waals surface area contributed by atoms with Gasteiger partial charge < -0.3 is 4.42 Å². The van der Waals surface area contributed by atoms with Crippen molar-refractivity contribution >= 4 is 11.2 Å². The van der Waals surface area contributed by atoms with Crippen LogP contribution in [0.25, 0.3) is 11.2 Å². The van der Waals surface area contributed by atoms with E-state index in [2.05, 4.69) is 29.0 Å². The molecule has 0 radical (unpaired) electrons. The molecule has 0 aliphatic carbocycles. The number of rotatable bonds is 16. The van der Waals surface area contributed by atoms with Crippen molar-refractivity contribution in [2.24, 2.45) is 0 Å². The molecule has 0 fully saturated rings. The first kappa shape index (κ1) is 21.7. The van der Waals surface area contributed by atoms with E-state index in [0.29, 0.717) is 0 Å². The van der Waals surface area contributed by atoms with E-state index < -0.39 is 0 Å². The second kappa shape index (κ2) is 14.4. The third-order valence-electron chi connectivity index (χ3n) is 5.11. The van der Waals surface area contributed by atoms with Crippen molar-refractivity contribution in [2.45, 2.75) is 103 Å². The minimum absolute atomic E-state index is 0.733. The summed E-state index contributed by atoms with van der Waals surface area (Å²) in [5.74, 6) is 0.833. The van der Waals surface area contributed by atoms with Gasteiger partial charge in [0.05, 0.1) is 0 Å². The highest BCUT2D eigenvalue weighted by molar-refractivity contribution is 5.66. The SMILES string of the molecule is CCCCCCCC/C=C/CCCCCCCCc1nc2ncccc2o1. The number of aromatic nitrogens is 2. The van der Waals surface area contributed by atoms with Crippen LogP contribution >= 0.6 is 0 Å². The summed E-state index contributed by atoms with van der Waals surface area (Å²) >= 11 is 0. The van der Waals surface area contributed by atoms with Gasteiger partial charge in [0.2, 0.25) is 0 Å². The van der Waals surface area contributed by atoms with Gasteiger partial charge in [-0.05, 0) is 44.2 Å². The number of unbranched alkanes of at least 4 members (excludes halogenated alkanes) is 12. The van der Waals surface area contributed by atoms with Crippen LogP contribution in [0.2, 0.25) is 0 Å². The molecule has 0 aliphatic rings. The molecule has 2 rings (SSSR count). The average molecular weight is 371 g/mol. The molecule has 0 aliphatic heterocycles. The van der Waals surface area contributed by atoms with E-state index >= 15 is 0 Å². The van der Waals surface area contributed by atoms with Gasteiger partial charge >= 0.3 is 0 Å². The molecule has 2 heterocycles. The van der Waals surface area contributed by atoms with Crippen LogP contribution in [0, 0.1) is 0 Å². The fraction of sp³-hybridized carbons (Fsp3) is 0.667. The van der Waals surface area contributed by atoms with Crippen LogP contribution < -0.4 is 0 Å². The fourth-order valence-corrected chi connectivity index (χ4v) is 3.44. The molecule has 150 valence electrons. The summed E-state index contributed by atoms with van der Waals surface area (Å²) in [7, 11) is 0. The number of oxazole rings is 1. The summed E-state index contributed by atoms with van der Waals surface area (Å²) in [4.78, 5) is 8.65. The Morgan fingerprint density at radius 3 is 2.11 bits per heavy atom. The van der Waals surface area contributed by atoms with Crippen LogP contribution in [0.1, 0.15) is 103 Å². The van der Waals surface area contributed by atoms with Gasteiger partial charge in [0, 0.05) is 12.6 Å². The first-order valence-electron chi connectivity index (χ1n) is 11.3. The van der Waals surface area contributed by atoms with Crippen molar-refractivity contribution in [3.8, 4) is 0 Å². The third-order valence-corrected chi connectivity index (χ3v) is 5.11. The first-order chi connectivity index (χ1) is 13.4. The fourth-order valence-electron chi connectivity index (χ4n) is 3.44. The predicted octanol–water partition coefficient (Wildman–Crippen LogP) is 7.80. The molecule has 0 spiro atoms. The van der Waals surface area contributed by atoms with Crippen molar-refractivity contribution in [1.82, 2.24) is 9.97 Å². The number of allylic oxidation sites excluding steroid dienone is 2. The van der Waals surface area contributed by atoms with E-state index in [-0.39, 0.29) is 0 Å². The summed E-state index contributed by atoms with van der Waals surface area (Å²) < 4.78 is 5.71. The molecule has 0 saturated heterocycles. The smallest absolute Gasteiger partial charge is 0.198 e. The van der Waals surface area contributed by atoms with E-state index in [9.17, 15) is 0 Å². The van der Waals surface area contributed by atoms with E-state index in [4.69, 9.17) is 4.42 Å². The Bertz CT molecular complexity index is 599. The van der Waals surface area contributed by atoms with Crippen molar-refractivity contribution in [1.29, 1.82) is 0 Å². The zero-order valence-corrected chi connectivity index (χ0v) is 17.3. The Morgan fingerprint density at radius 2 is 1.44 bits per heavy atom. The summed E-state index contributed by atoms with van der Waals surface area (Å²) in [6.45, 7) is 2.28. The molecule has 3 heteroatoms. The summed E-state index contributed by atoms with van der Waals surface area (Å²) in [5.41, 5.74) is 1.54. The maximum Gasteiger partial charge on any atom is 0.198 e. The number of aryl methyl sites for hydroxylation is 1. The first-order valence-corrected chi connectivity index (χ1v) is 11.3. The van der Waals surface area contributed by atoms with Crippen LogP contribution in [0.15, 0.2) is 34.9 Å². The quantitative estimate of drug-likeness (QED) is 0.223. The normalized spacial score (nSPS) is 11.7. The molecule has 0 N–H and O–H groups in total. The van der Waals surface area contributed by atoms with E-state index in [1.807, 2.05) is 12.1 Å². The van der Waals surface area contributed by atoms with E-state index in [0.717, 1.165) is 30.0 Å². The monoisotopic (exact) mass is 370 g/mol. The molecule has 0 aromatic carbocycles. The van der Waals surface area contributed by atoms with Gasteiger partial charge in [0.15, 0.2) is 17.1 Å². The summed E-state index contributed by atoms with van der Waals surface area (Å²) in [6.07, 6.45) is 26.2. The van der Waals surface area contributed by atoms with Gasteiger partial charge in [-0.25, -0.2) is 4.98 Å². The Hall–Kier alpha value is -1.64. The number of hydrogen-bond donors (Lipinski definition) is 0. The molecule has 0 amide bonds. The maximum atomic E-state index is 5.71. The highest BCUT2D eigenvalue weighted by Crippen LogP contribution is 2.15. The van der Waals surface area contributed by atoms with Crippen molar-refractivity contribution < 1.29 is 4.42 Å². The zero-order valence-electron chi connectivity index (χ0n) is 17.3. The van der Waals surface area contributed by atoms with Gasteiger partial charge in [-0.2, -0.15) is 4.98 Å². The molecule has 0 bridgehead atoms. The highest BCUT2D eigenvalue weighted by atomic mass is 16.3. The molecule has 0 saturated carbocycles. The maximum absolute atomic E-state index is 5.71. The molecular weight excluding hydrogens is 332 g/mol. The lowest BCUT2D eigenvalue weighted by Crippen LogP contribution is -1.86. The highest BCUT2D eigenvalue weighted by Gasteiger charge is 2.05. The molecule has 0 unspecified atom stereocenters. The number of nitrogens with zero attached hydrogens (tertiary/aromatic N) is 2. The molecule has 2 aromatic rings. The van der Waals surface area contributed by atoms with Crippen molar-refractivity contribution in [3.05, 3.63) is 36.4 Å². The van der Waals surface area contributed by atoms with Crippen LogP contribution in [0.5, 0.6) is 0 Å². The third kappa shape index (κ3) is 9.74. The molecule has 0 atom stereocenters. The van der Waals surface area contributed by atoms with Gasteiger partial charge in [-0.15, -0.1) is 0 Å².